The quantitative estimate of drug-likeness (QED) is 0.852. The predicted molar refractivity (Wildman–Crippen MR) is 76.1 cm³/mol. The number of hydrogen-bond acceptors (Lipinski definition) is 3. The highest BCUT2D eigenvalue weighted by molar-refractivity contribution is 9.10. The monoisotopic (exact) mass is 335 g/mol. The van der Waals surface area contributed by atoms with Crippen LogP contribution in [0.25, 0.3) is 0 Å². The topological polar surface area (TPSA) is 65.8 Å². The lowest BCUT2D eigenvalue weighted by Crippen LogP contribution is -2.13. The van der Waals surface area contributed by atoms with E-state index in [1.54, 1.807) is 30.5 Å². The third kappa shape index (κ3) is 3.11. The second kappa shape index (κ2) is 5.83. The molecule has 2 rings (SSSR count). The summed E-state index contributed by atoms with van der Waals surface area (Å²) in [5.74, 6) is -0.350. The maximum absolute atomic E-state index is 12.1. The van der Waals surface area contributed by atoms with Crippen molar-refractivity contribution in [3.63, 3.8) is 0 Å². The SMILES string of the molecule is N#Cc1ccc(Cl)c(NC(=O)c2cccnc2Br)c1. The number of nitrogens with zero attached hydrogens (tertiary/aromatic N) is 2. The normalized spacial score (nSPS) is 9.74. The smallest absolute Gasteiger partial charge is 0.258 e. The van der Waals surface area contributed by atoms with Gasteiger partial charge < -0.3 is 5.32 Å². The van der Waals surface area contributed by atoms with Gasteiger partial charge in [0.25, 0.3) is 5.91 Å². The van der Waals surface area contributed by atoms with E-state index in [-0.39, 0.29) is 5.91 Å². The number of nitriles is 1. The fourth-order valence-corrected chi connectivity index (χ4v) is 2.03. The van der Waals surface area contributed by atoms with Crippen molar-refractivity contribution in [2.45, 2.75) is 0 Å². The van der Waals surface area contributed by atoms with Crippen molar-refractivity contribution < 1.29 is 4.79 Å². The zero-order valence-corrected chi connectivity index (χ0v) is 11.9. The molecule has 1 amide bonds. The minimum absolute atomic E-state index is 0.350. The van der Waals surface area contributed by atoms with Gasteiger partial charge in [0.2, 0.25) is 0 Å². The first-order valence-corrected chi connectivity index (χ1v) is 6.40. The van der Waals surface area contributed by atoms with Gasteiger partial charge in [0.1, 0.15) is 4.60 Å². The standard InChI is InChI=1S/C13H7BrClN3O/c14-12-9(2-1-5-17-12)13(19)18-11-6-8(7-16)3-4-10(11)15/h1-6H,(H,18,19). The molecule has 1 aromatic carbocycles. The molecule has 0 aliphatic carbocycles. The average Bonchev–Trinajstić information content (AvgIpc) is 2.41. The molecule has 0 fully saturated rings. The Morgan fingerprint density at radius 2 is 2.21 bits per heavy atom. The van der Waals surface area contributed by atoms with Crippen LogP contribution >= 0.6 is 27.5 Å². The Kier molecular flexibility index (Phi) is 4.15. The second-order valence-electron chi connectivity index (χ2n) is 3.60. The van der Waals surface area contributed by atoms with Crippen LogP contribution in [0.4, 0.5) is 5.69 Å². The van der Waals surface area contributed by atoms with Crippen molar-refractivity contribution in [2.75, 3.05) is 5.32 Å². The Hall–Kier alpha value is -1.90. The third-order valence-corrected chi connectivity index (χ3v) is 3.31. The van der Waals surface area contributed by atoms with Gasteiger partial charge >= 0.3 is 0 Å². The van der Waals surface area contributed by atoms with E-state index in [2.05, 4.69) is 26.2 Å². The van der Waals surface area contributed by atoms with Gasteiger partial charge in [0, 0.05) is 6.20 Å². The number of aromatic nitrogens is 1. The number of carbonyl (C=O) groups excluding carboxylic acids is 1. The summed E-state index contributed by atoms with van der Waals surface area (Å²) in [6, 6.07) is 9.94. The van der Waals surface area contributed by atoms with Crippen molar-refractivity contribution in [1.29, 1.82) is 5.26 Å². The van der Waals surface area contributed by atoms with Crippen LogP contribution in [0.3, 0.4) is 0 Å². The van der Waals surface area contributed by atoms with E-state index in [1.807, 2.05) is 6.07 Å². The highest BCUT2D eigenvalue weighted by Crippen LogP contribution is 2.24. The summed E-state index contributed by atoms with van der Waals surface area (Å²) in [4.78, 5) is 16.0. The summed E-state index contributed by atoms with van der Waals surface area (Å²) >= 11 is 9.17. The summed E-state index contributed by atoms with van der Waals surface area (Å²) in [7, 11) is 0. The number of amides is 1. The molecule has 1 heterocycles. The summed E-state index contributed by atoms with van der Waals surface area (Å²) in [6.07, 6.45) is 1.57. The van der Waals surface area contributed by atoms with Gasteiger partial charge in [-0.15, -0.1) is 0 Å². The number of anilines is 1. The van der Waals surface area contributed by atoms with Gasteiger partial charge in [-0.1, -0.05) is 11.6 Å². The molecule has 0 bridgehead atoms. The fourth-order valence-electron chi connectivity index (χ4n) is 1.44. The molecule has 94 valence electrons. The fraction of sp³-hybridized carbons (Fsp3) is 0. The lowest BCUT2D eigenvalue weighted by molar-refractivity contribution is 0.102. The van der Waals surface area contributed by atoms with Crippen LogP contribution in [0.15, 0.2) is 41.1 Å². The number of halogens is 2. The Morgan fingerprint density at radius 1 is 1.42 bits per heavy atom. The van der Waals surface area contributed by atoms with Gasteiger partial charge in [0.15, 0.2) is 0 Å². The second-order valence-corrected chi connectivity index (χ2v) is 4.76. The van der Waals surface area contributed by atoms with E-state index in [4.69, 9.17) is 16.9 Å². The lowest BCUT2D eigenvalue weighted by atomic mass is 10.2. The average molecular weight is 337 g/mol. The Labute approximate surface area is 123 Å². The van der Waals surface area contributed by atoms with Gasteiger partial charge in [-0.25, -0.2) is 4.98 Å². The molecule has 19 heavy (non-hydrogen) atoms. The number of benzene rings is 1. The molecular formula is C13H7BrClN3O. The molecule has 0 atom stereocenters. The first-order chi connectivity index (χ1) is 9.11. The van der Waals surface area contributed by atoms with Crippen LogP contribution in [-0.4, -0.2) is 10.9 Å². The van der Waals surface area contributed by atoms with Gasteiger partial charge in [-0.2, -0.15) is 5.26 Å². The Morgan fingerprint density at radius 3 is 2.89 bits per heavy atom. The van der Waals surface area contributed by atoms with E-state index in [1.165, 1.54) is 6.07 Å². The summed E-state index contributed by atoms with van der Waals surface area (Å²) in [5, 5.41) is 11.8. The Balaban J connectivity index is 2.30. The van der Waals surface area contributed by atoms with E-state index >= 15 is 0 Å². The van der Waals surface area contributed by atoms with Crippen LogP contribution in [0.5, 0.6) is 0 Å². The van der Waals surface area contributed by atoms with Gasteiger partial charge in [-0.3, -0.25) is 4.79 Å². The van der Waals surface area contributed by atoms with Crippen LogP contribution in [0, 0.1) is 11.3 Å². The minimum atomic E-state index is -0.350. The van der Waals surface area contributed by atoms with Crippen LogP contribution in [0.1, 0.15) is 15.9 Å². The molecular weight excluding hydrogens is 330 g/mol. The van der Waals surface area contributed by atoms with Crippen LogP contribution < -0.4 is 5.32 Å². The van der Waals surface area contributed by atoms with E-state index in [0.717, 1.165) is 0 Å². The molecule has 6 heteroatoms. The molecule has 1 aromatic heterocycles. The third-order valence-electron chi connectivity index (χ3n) is 2.35. The number of carbonyl (C=O) groups is 1. The molecule has 0 unspecified atom stereocenters. The Bertz CT molecular complexity index is 682. The molecule has 0 aliphatic rings. The first-order valence-electron chi connectivity index (χ1n) is 5.23. The summed E-state index contributed by atoms with van der Waals surface area (Å²) in [6.45, 7) is 0. The zero-order chi connectivity index (χ0) is 13.8. The molecule has 0 spiro atoms. The largest absolute Gasteiger partial charge is 0.321 e. The molecule has 0 aliphatic heterocycles. The lowest BCUT2D eigenvalue weighted by Gasteiger charge is -2.08. The first kappa shape index (κ1) is 13.5. The molecule has 2 aromatic rings. The van der Waals surface area contributed by atoms with Gasteiger partial charge in [0.05, 0.1) is 27.9 Å². The van der Waals surface area contributed by atoms with E-state index in [0.29, 0.717) is 26.4 Å². The zero-order valence-electron chi connectivity index (χ0n) is 9.52. The van der Waals surface area contributed by atoms with Crippen LogP contribution in [0.2, 0.25) is 5.02 Å². The molecule has 0 radical (unpaired) electrons. The highest BCUT2D eigenvalue weighted by atomic mass is 79.9. The molecule has 1 N–H and O–H groups in total. The van der Waals surface area contributed by atoms with Crippen molar-refractivity contribution >= 4 is 39.1 Å². The molecule has 0 saturated carbocycles. The van der Waals surface area contributed by atoms with Crippen molar-refractivity contribution in [3.8, 4) is 6.07 Å². The minimum Gasteiger partial charge on any atom is -0.321 e. The number of rotatable bonds is 2. The van der Waals surface area contributed by atoms with Crippen molar-refractivity contribution in [1.82, 2.24) is 4.98 Å². The number of hydrogen-bond donors (Lipinski definition) is 1. The van der Waals surface area contributed by atoms with Crippen molar-refractivity contribution in [3.05, 3.63) is 57.3 Å². The highest BCUT2D eigenvalue weighted by Gasteiger charge is 2.12. The number of nitrogens with one attached hydrogen (secondary N) is 1. The maximum atomic E-state index is 12.1. The molecule has 4 nitrogen and oxygen atoms in total. The van der Waals surface area contributed by atoms with Crippen molar-refractivity contribution in [2.24, 2.45) is 0 Å². The predicted octanol–water partition coefficient (Wildman–Crippen LogP) is 3.62. The van der Waals surface area contributed by atoms with Crippen LogP contribution in [-0.2, 0) is 0 Å². The summed E-state index contributed by atoms with van der Waals surface area (Å²) in [5.41, 5.74) is 1.20. The van der Waals surface area contributed by atoms with E-state index in [9.17, 15) is 4.79 Å². The number of pyridine rings is 1. The summed E-state index contributed by atoms with van der Waals surface area (Å²) < 4.78 is 0.445. The van der Waals surface area contributed by atoms with Gasteiger partial charge in [-0.05, 0) is 46.3 Å². The van der Waals surface area contributed by atoms with E-state index < -0.39 is 0 Å². The molecule has 0 saturated heterocycles. The maximum Gasteiger partial charge on any atom is 0.258 e.